The lowest BCUT2D eigenvalue weighted by atomic mass is 9.90. The van der Waals surface area contributed by atoms with Crippen LogP contribution in [0, 0.1) is 18.7 Å². The van der Waals surface area contributed by atoms with Gasteiger partial charge in [-0.2, -0.15) is 15.2 Å². The number of rotatable bonds is 7. The average molecular weight is 511 g/mol. The number of hydrogen-bond donors (Lipinski definition) is 2. The molecule has 0 aliphatic carbocycles. The summed E-state index contributed by atoms with van der Waals surface area (Å²) in [4.78, 5) is 37.5. The van der Waals surface area contributed by atoms with Gasteiger partial charge < -0.3 is 9.79 Å². The fraction of sp³-hybridized carbons (Fsp3) is 0.350. The summed E-state index contributed by atoms with van der Waals surface area (Å²) in [7, 11) is -4.81. The van der Waals surface area contributed by atoms with E-state index in [2.05, 4.69) is 24.8 Å². The molecule has 1 aromatic carbocycles. The predicted octanol–water partition coefficient (Wildman–Crippen LogP) is 2.89. The van der Waals surface area contributed by atoms with Crippen molar-refractivity contribution in [1.29, 1.82) is 0 Å². The summed E-state index contributed by atoms with van der Waals surface area (Å²) < 4.78 is 30.9. The molecule has 1 unspecified atom stereocenters. The first-order chi connectivity index (χ1) is 16.1. The van der Waals surface area contributed by atoms with Crippen LogP contribution in [0.5, 0.6) is 0 Å². The molecule has 180 valence electrons. The Morgan fingerprint density at radius 1 is 1.29 bits per heavy atom. The van der Waals surface area contributed by atoms with Crippen LogP contribution in [-0.4, -0.2) is 47.2 Å². The first-order valence-electron chi connectivity index (χ1n) is 10.3. The largest absolute Gasteiger partial charge is 0.471 e. The van der Waals surface area contributed by atoms with Gasteiger partial charge in [0.2, 0.25) is 11.9 Å². The van der Waals surface area contributed by atoms with Crippen LogP contribution in [0.15, 0.2) is 30.6 Å². The number of anilines is 1. The highest BCUT2D eigenvalue weighted by molar-refractivity contribution is 7.46. The quantitative estimate of drug-likeness (QED) is 0.458. The van der Waals surface area contributed by atoms with Gasteiger partial charge in [-0.25, -0.2) is 13.6 Å². The van der Waals surface area contributed by atoms with Crippen molar-refractivity contribution in [3.8, 4) is 11.4 Å². The fourth-order valence-electron chi connectivity index (χ4n) is 3.77. The normalized spacial score (nSPS) is 16.8. The summed E-state index contributed by atoms with van der Waals surface area (Å²) in [5, 5.41) is 11.9. The summed E-state index contributed by atoms with van der Waals surface area (Å²) >= 11 is 5.75. The zero-order valence-corrected chi connectivity index (χ0v) is 19.7. The van der Waals surface area contributed by atoms with Crippen molar-refractivity contribution in [2.75, 3.05) is 11.4 Å². The second kappa shape index (κ2) is 9.85. The first-order valence-corrected chi connectivity index (χ1v) is 12.2. The van der Waals surface area contributed by atoms with Crippen LogP contribution in [0.4, 0.5) is 10.3 Å². The zero-order chi connectivity index (χ0) is 24.5. The van der Waals surface area contributed by atoms with Gasteiger partial charge in [0.05, 0.1) is 17.4 Å². The summed E-state index contributed by atoms with van der Waals surface area (Å²) in [6.45, 7) is 1.48. The highest BCUT2D eigenvalue weighted by Crippen LogP contribution is 2.37. The molecule has 34 heavy (non-hydrogen) atoms. The Labute approximate surface area is 198 Å². The first kappa shape index (κ1) is 24.4. The summed E-state index contributed by atoms with van der Waals surface area (Å²) in [6.07, 6.45) is 4.52. The number of aromatic nitrogens is 5. The Morgan fingerprint density at radius 2 is 2.06 bits per heavy atom. The van der Waals surface area contributed by atoms with Crippen molar-refractivity contribution in [3.63, 3.8) is 0 Å². The molecule has 1 aliphatic rings. The van der Waals surface area contributed by atoms with Gasteiger partial charge >= 0.3 is 7.82 Å². The van der Waals surface area contributed by atoms with Crippen molar-refractivity contribution < 1.29 is 28.1 Å². The van der Waals surface area contributed by atoms with E-state index in [-0.39, 0.29) is 22.7 Å². The third kappa shape index (κ3) is 5.48. The molecule has 2 aromatic heterocycles. The van der Waals surface area contributed by atoms with Gasteiger partial charge in [0.15, 0.2) is 12.6 Å². The molecule has 1 amide bonds. The lowest BCUT2D eigenvalue weighted by Gasteiger charge is -2.31. The number of hydrogen-bond acceptors (Lipinski definition) is 7. The molecule has 1 saturated heterocycles. The number of halogens is 2. The molecule has 0 saturated carbocycles. The third-order valence-electron chi connectivity index (χ3n) is 5.43. The maximum atomic E-state index is 13.9. The Balaban J connectivity index is 1.65. The SMILES string of the molecule is Cc1cnncc1-c1nc(N2CCCC(Cc3ccc(Cl)c(F)c3)C2=O)n(COP(=O)(O)O)n1. The van der Waals surface area contributed by atoms with Crippen LogP contribution in [0.3, 0.4) is 0 Å². The van der Waals surface area contributed by atoms with Crippen LogP contribution in [-0.2, 0) is 27.0 Å². The number of benzene rings is 1. The zero-order valence-electron chi connectivity index (χ0n) is 18.0. The van der Waals surface area contributed by atoms with Gasteiger partial charge in [-0.05, 0) is 49.4 Å². The molecule has 0 spiro atoms. The Kier molecular flexibility index (Phi) is 7.06. The number of phosphoric acid groups is 1. The summed E-state index contributed by atoms with van der Waals surface area (Å²) in [6, 6.07) is 4.43. The van der Waals surface area contributed by atoms with Gasteiger partial charge in [0.1, 0.15) is 5.82 Å². The van der Waals surface area contributed by atoms with Crippen molar-refractivity contribution >= 4 is 31.3 Å². The fourth-order valence-corrected chi connectivity index (χ4v) is 4.15. The molecule has 2 N–H and O–H groups in total. The number of carbonyl (C=O) groups is 1. The second-order valence-electron chi connectivity index (χ2n) is 7.85. The van der Waals surface area contributed by atoms with E-state index >= 15 is 0 Å². The molecular formula is C20H21ClFN6O5P. The standard InChI is InChI=1S/C20H21ClFN6O5P/c1-12-9-23-24-10-15(12)18-25-20(28(26-18)11-33-34(30,31)32)27-6-2-3-14(19(27)29)7-13-4-5-16(21)17(22)8-13/h4-5,8-10,14H,2-3,6-7,11H2,1H3,(H2,30,31,32). The van der Waals surface area contributed by atoms with Crippen LogP contribution in [0.25, 0.3) is 11.4 Å². The van der Waals surface area contributed by atoms with E-state index < -0.39 is 26.3 Å². The average Bonchev–Trinajstić information content (AvgIpc) is 3.20. The molecule has 14 heteroatoms. The Bertz CT molecular complexity index is 1270. The van der Waals surface area contributed by atoms with Crippen molar-refractivity contribution in [3.05, 3.63) is 52.6 Å². The molecule has 11 nitrogen and oxygen atoms in total. The maximum Gasteiger partial charge on any atom is 0.471 e. The van der Waals surface area contributed by atoms with Crippen molar-refractivity contribution in [1.82, 2.24) is 25.0 Å². The number of aryl methyl sites for hydroxylation is 1. The molecule has 0 bridgehead atoms. The second-order valence-corrected chi connectivity index (χ2v) is 9.50. The minimum Gasteiger partial charge on any atom is -0.303 e. The van der Waals surface area contributed by atoms with Gasteiger partial charge in [-0.15, -0.1) is 5.10 Å². The molecule has 4 rings (SSSR count). The molecule has 3 heterocycles. The number of phosphoric ester groups is 1. The van der Waals surface area contributed by atoms with E-state index in [0.717, 1.165) is 10.2 Å². The highest BCUT2D eigenvalue weighted by atomic mass is 35.5. The third-order valence-corrected chi connectivity index (χ3v) is 6.19. The topological polar surface area (TPSA) is 144 Å². The molecular weight excluding hydrogens is 490 g/mol. The van der Waals surface area contributed by atoms with Gasteiger partial charge in [-0.3, -0.25) is 14.2 Å². The number of nitrogens with zero attached hydrogens (tertiary/aromatic N) is 6. The van der Waals surface area contributed by atoms with Crippen molar-refractivity contribution in [2.45, 2.75) is 32.9 Å². The van der Waals surface area contributed by atoms with Gasteiger partial charge in [0.25, 0.3) is 0 Å². The van der Waals surface area contributed by atoms with Crippen LogP contribution in [0.1, 0.15) is 24.0 Å². The highest BCUT2D eigenvalue weighted by Gasteiger charge is 2.33. The maximum absolute atomic E-state index is 13.9. The van der Waals surface area contributed by atoms with Crippen LogP contribution >= 0.6 is 19.4 Å². The van der Waals surface area contributed by atoms with E-state index in [9.17, 15) is 13.8 Å². The molecule has 0 radical (unpaired) electrons. The smallest absolute Gasteiger partial charge is 0.303 e. The van der Waals surface area contributed by atoms with E-state index in [1.807, 2.05) is 0 Å². The number of amides is 1. The minimum atomic E-state index is -4.81. The van der Waals surface area contributed by atoms with Gasteiger partial charge in [0, 0.05) is 18.0 Å². The number of carbonyl (C=O) groups excluding carboxylic acids is 1. The van der Waals surface area contributed by atoms with Crippen molar-refractivity contribution in [2.24, 2.45) is 5.92 Å². The van der Waals surface area contributed by atoms with E-state index in [1.54, 1.807) is 13.0 Å². The van der Waals surface area contributed by atoms with E-state index in [0.29, 0.717) is 36.9 Å². The lowest BCUT2D eigenvalue weighted by molar-refractivity contribution is -0.123. The van der Waals surface area contributed by atoms with Crippen LogP contribution in [0.2, 0.25) is 5.02 Å². The minimum absolute atomic E-state index is 0.00642. The molecule has 1 fully saturated rings. The Morgan fingerprint density at radius 3 is 2.76 bits per heavy atom. The van der Waals surface area contributed by atoms with E-state index in [1.165, 1.54) is 29.4 Å². The molecule has 3 aromatic rings. The summed E-state index contributed by atoms with van der Waals surface area (Å²) in [5.41, 5.74) is 1.90. The molecule has 1 aliphatic heterocycles. The van der Waals surface area contributed by atoms with Crippen LogP contribution < -0.4 is 4.90 Å². The Hall–Kier alpha value is -2.76. The monoisotopic (exact) mass is 510 g/mol. The van der Waals surface area contributed by atoms with Gasteiger partial charge in [-0.1, -0.05) is 17.7 Å². The molecule has 1 atom stereocenters. The lowest BCUT2D eigenvalue weighted by Crippen LogP contribution is -2.43. The number of piperidine rings is 1. The van der Waals surface area contributed by atoms with E-state index in [4.69, 9.17) is 21.4 Å². The summed E-state index contributed by atoms with van der Waals surface area (Å²) in [5.74, 6) is -0.986. The predicted molar refractivity (Wildman–Crippen MR) is 119 cm³/mol.